The van der Waals surface area contributed by atoms with Gasteiger partial charge >= 0.3 is 5.97 Å². The van der Waals surface area contributed by atoms with Crippen LogP contribution in [0.5, 0.6) is 5.75 Å². The molecule has 11 heteroatoms. The number of esters is 1. The average Bonchev–Trinajstić information content (AvgIpc) is 3.20. The second-order valence-electron chi connectivity index (χ2n) is 9.25. The van der Waals surface area contributed by atoms with Crippen molar-refractivity contribution in [1.29, 1.82) is 0 Å². The van der Waals surface area contributed by atoms with Crippen LogP contribution in [0.15, 0.2) is 42.2 Å². The van der Waals surface area contributed by atoms with Crippen molar-refractivity contribution in [3.05, 3.63) is 47.7 Å². The molecular weight excluding hydrogens is 476 g/mol. The van der Waals surface area contributed by atoms with Crippen LogP contribution in [-0.4, -0.2) is 87.5 Å². The van der Waals surface area contributed by atoms with Crippen molar-refractivity contribution in [2.24, 2.45) is 17.8 Å². The summed E-state index contributed by atoms with van der Waals surface area (Å²) in [5.41, 5.74) is 1.07. The molecule has 1 saturated heterocycles. The van der Waals surface area contributed by atoms with Crippen LogP contribution < -0.4 is 0 Å². The molecule has 36 heavy (non-hydrogen) atoms. The van der Waals surface area contributed by atoms with E-state index in [4.69, 9.17) is 18.9 Å². The zero-order chi connectivity index (χ0) is 26.0. The molecule has 0 radical (unpaired) electrons. The number of phenolic OH excluding ortho intramolecular Hbond substituents is 1. The zero-order valence-corrected chi connectivity index (χ0v) is 19.5. The summed E-state index contributed by atoms with van der Waals surface area (Å²) in [6.07, 6.45) is -3.82. The Morgan fingerprint density at radius 2 is 1.83 bits per heavy atom. The first kappa shape index (κ1) is 26.3. The predicted molar refractivity (Wildman–Crippen MR) is 122 cm³/mol. The van der Waals surface area contributed by atoms with Crippen LogP contribution in [0.1, 0.15) is 18.9 Å². The zero-order valence-electron chi connectivity index (χ0n) is 19.5. The van der Waals surface area contributed by atoms with Gasteiger partial charge in [0.2, 0.25) is 6.29 Å². The molecule has 1 aliphatic carbocycles. The lowest BCUT2D eigenvalue weighted by atomic mass is 9.84. The molecule has 1 aromatic rings. The molecule has 4 rings (SSSR count). The number of carbonyl (C=O) groups is 2. The highest BCUT2D eigenvalue weighted by atomic mass is 16.8. The molecule has 1 aromatic carbocycles. The number of ether oxygens (including phenoxy) is 4. The van der Waals surface area contributed by atoms with Crippen LogP contribution in [0.2, 0.25) is 0 Å². The van der Waals surface area contributed by atoms with Gasteiger partial charge in [0.05, 0.1) is 12.9 Å². The molecule has 2 fully saturated rings. The van der Waals surface area contributed by atoms with Crippen LogP contribution in [0, 0.1) is 17.8 Å². The van der Waals surface area contributed by atoms with Crippen LogP contribution in [-0.2, 0) is 28.5 Å². The Morgan fingerprint density at radius 1 is 1.11 bits per heavy atom. The van der Waals surface area contributed by atoms with Crippen molar-refractivity contribution in [3.8, 4) is 5.75 Å². The van der Waals surface area contributed by atoms with Gasteiger partial charge in [0, 0.05) is 29.4 Å². The molecule has 3 aliphatic rings. The van der Waals surface area contributed by atoms with E-state index in [1.165, 1.54) is 24.5 Å². The first-order valence-electron chi connectivity index (χ1n) is 11.7. The summed E-state index contributed by atoms with van der Waals surface area (Å²) >= 11 is 0. The molecule has 2 aliphatic heterocycles. The molecule has 11 nitrogen and oxygen atoms in total. The number of aromatic hydroxyl groups is 1. The number of phenols is 1. The average molecular weight is 507 g/mol. The van der Waals surface area contributed by atoms with Crippen molar-refractivity contribution in [1.82, 2.24) is 0 Å². The van der Waals surface area contributed by atoms with Crippen molar-refractivity contribution in [3.63, 3.8) is 0 Å². The summed E-state index contributed by atoms with van der Waals surface area (Å²) in [4.78, 5) is 24.1. The summed E-state index contributed by atoms with van der Waals surface area (Å²) in [6.45, 7) is 1.22. The van der Waals surface area contributed by atoms with Crippen molar-refractivity contribution >= 4 is 18.3 Å². The van der Waals surface area contributed by atoms with E-state index in [9.17, 15) is 35.1 Å². The SMILES string of the molecule is CC1C(OC(=O)C=Cc2ccc(O)cc2)CC2C(C=O)=COC(OC3OC(CO)C(O)C(O)C3O)C21. The summed E-state index contributed by atoms with van der Waals surface area (Å²) in [5.74, 6) is -1.61. The van der Waals surface area contributed by atoms with Gasteiger partial charge in [0.25, 0.3) is 0 Å². The van der Waals surface area contributed by atoms with Crippen molar-refractivity contribution in [2.75, 3.05) is 6.61 Å². The Balaban J connectivity index is 1.45. The Bertz CT molecular complexity index is 988. The maximum Gasteiger partial charge on any atom is 0.331 e. The predicted octanol–water partition coefficient (Wildman–Crippen LogP) is -0.155. The minimum atomic E-state index is -1.61. The van der Waals surface area contributed by atoms with Crippen LogP contribution in [0.3, 0.4) is 0 Å². The van der Waals surface area contributed by atoms with Gasteiger partial charge in [-0.15, -0.1) is 0 Å². The molecule has 0 bridgehead atoms. The molecule has 0 amide bonds. The van der Waals surface area contributed by atoms with Gasteiger partial charge in [-0.2, -0.15) is 0 Å². The smallest absolute Gasteiger partial charge is 0.331 e. The number of carbonyl (C=O) groups excluding carboxylic acids is 2. The number of aliphatic hydroxyl groups is 4. The molecular formula is C25H30O11. The van der Waals surface area contributed by atoms with Gasteiger partial charge < -0.3 is 44.5 Å². The van der Waals surface area contributed by atoms with Gasteiger partial charge in [-0.05, 0) is 30.2 Å². The quantitative estimate of drug-likeness (QED) is 0.189. The maximum atomic E-state index is 12.5. The number of rotatable bonds is 7. The largest absolute Gasteiger partial charge is 0.508 e. The number of aldehydes is 1. The van der Waals surface area contributed by atoms with E-state index in [1.807, 2.05) is 6.92 Å². The van der Waals surface area contributed by atoms with Crippen molar-refractivity contribution in [2.45, 2.75) is 56.4 Å². The third-order valence-corrected chi connectivity index (χ3v) is 7.05. The summed E-state index contributed by atoms with van der Waals surface area (Å²) in [5, 5.41) is 49.2. The van der Waals surface area contributed by atoms with E-state index >= 15 is 0 Å². The Morgan fingerprint density at radius 3 is 2.50 bits per heavy atom. The second kappa shape index (κ2) is 11.1. The van der Waals surface area contributed by atoms with Crippen LogP contribution in [0.25, 0.3) is 6.08 Å². The number of hydrogen-bond donors (Lipinski definition) is 5. The van der Waals surface area contributed by atoms with E-state index in [2.05, 4.69) is 0 Å². The van der Waals surface area contributed by atoms with E-state index < -0.39 is 61.6 Å². The number of benzene rings is 1. The fourth-order valence-corrected chi connectivity index (χ4v) is 5.00. The Kier molecular flexibility index (Phi) is 8.08. The van der Waals surface area contributed by atoms with E-state index in [-0.39, 0.29) is 17.6 Å². The van der Waals surface area contributed by atoms with E-state index in [1.54, 1.807) is 18.2 Å². The monoisotopic (exact) mass is 506 g/mol. The van der Waals surface area contributed by atoms with Crippen LogP contribution >= 0.6 is 0 Å². The van der Waals surface area contributed by atoms with E-state index in [0.29, 0.717) is 23.8 Å². The minimum absolute atomic E-state index is 0.110. The highest BCUT2D eigenvalue weighted by molar-refractivity contribution is 5.87. The lowest BCUT2D eigenvalue weighted by Gasteiger charge is -2.43. The third kappa shape index (κ3) is 5.31. The lowest BCUT2D eigenvalue weighted by Crippen LogP contribution is -2.60. The number of fused-ring (bicyclic) bond motifs is 1. The summed E-state index contributed by atoms with van der Waals surface area (Å²) in [6, 6.07) is 6.28. The highest BCUT2D eigenvalue weighted by Crippen LogP contribution is 2.48. The summed E-state index contributed by atoms with van der Waals surface area (Å²) < 4.78 is 22.5. The van der Waals surface area contributed by atoms with Gasteiger partial charge in [-0.25, -0.2) is 4.79 Å². The Labute approximate surface area is 207 Å². The third-order valence-electron chi connectivity index (χ3n) is 7.05. The van der Waals surface area contributed by atoms with E-state index in [0.717, 1.165) is 0 Å². The second-order valence-corrected chi connectivity index (χ2v) is 9.25. The van der Waals surface area contributed by atoms with Gasteiger partial charge in [-0.1, -0.05) is 19.1 Å². The first-order valence-corrected chi connectivity index (χ1v) is 11.7. The Hall–Kier alpha value is -2.80. The fraction of sp³-hybridized carbons (Fsp3) is 0.520. The fourth-order valence-electron chi connectivity index (χ4n) is 5.00. The topological polar surface area (TPSA) is 172 Å². The molecule has 10 atom stereocenters. The number of allylic oxidation sites excluding steroid dienone is 1. The number of aliphatic hydroxyl groups excluding tert-OH is 4. The lowest BCUT2D eigenvalue weighted by molar-refractivity contribution is -0.342. The van der Waals surface area contributed by atoms with Gasteiger partial charge in [-0.3, -0.25) is 4.79 Å². The summed E-state index contributed by atoms with van der Waals surface area (Å²) in [7, 11) is 0. The van der Waals surface area contributed by atoms with Crippen LogP contribution in [0.4, 0.5) is 0 Å². The normalized spacial score (nSPS) is 38.2. The first-order chi connectivity index (χ1) is 17.2. The molecule has 0 spiro atoms. The number of hydrogen-bond acceptors (Lipinski definition) is 11. The molecule has 10 unspecified atom stereocenters. The minimum Gasteiger partial charge on any atom is -0.508 e. The molecule has 1 saturated carbocycles. The maximum absolute atomic E-state index is 12.5. The van der Waals surface area contributed by atoms with Crippen molar-refractivity contribution < 1.29 is 54.1 Å². The molecule has 196 valence electrons. The molecule has 0 aromatic heterocycles. The highest BCUT2D eigenvalue weighted by Gasteiger charge is 2.53. The van der Waals surface area contributed by atoms with Gasteiger partial charge in [0.15, 0.2) is 6.29 Å². The molecule has 2 heterocycles. The standard InChI is InChI=1S/C25H30O11/c1-12-17(34-19(29)7-4-13-2-5-15(28)6-3-13)8-16-14(9-26)11-33-24(20(12)16)36-25-23(32)22(31)21(30)18(10-27)35-25/h2-7,9,11-12,16-18,20-25,27-28,30-32H,8,10H2,1H3. The molecule has 5 N–H and O–H groups in total. The van der Waals surface area contributed by atoms with Gasteiger partial charge in [0.1, 0.15) is 42.6 Å².